The van der Waals surface area contributed by atoms with Gasteiger partial charge in [-0.1, -0.05) is 13.8 Å². The molecule has 0 aliphatic carbocycles. The molecular weight excluding hydrogens is 369 g/mol. The summed E-state index contributed by atoms with van der Waals surface area (Å²) in [6.07, 6.45) is 0.0416. The maximum atomic E-state index is 11.5. The molecule has 9 nitrogen and oxygen atoms in total. The van der Waals surface area contributed by atoms with Crippen LogP contribution >= 0.6 is 22.8 Å². The summed E-state index contributed by atoms with van der Waals surface area (Å²) in [5.74, 6) is 0. The van der Waals surface area contributed by atoms with Gasteiger partial charge in [0, 0.05) is 0 Å². The van der Waals surface area contributed by atoms with Crippen LogP contribution in [0.25, 0.3) is 0 Å². The molecular formula is C11H27O9P3. The summed E-state index contributed by atoms with van der Waals surface area (Å²) in [5.41, 5.74) is -3.11. The van der Waals surface area contributed by atoms with Gasteiger partial charge in [0.05, 0.1) is 17.0 Å². The van der Waals surface area contributed by atoms with Crippen molar-refractivity contribution in [2.75, 3.05) is 0 Å². The molecule has 0 aromatic rings. The second-order valence-electron chi connectivity index (χ2n) is 5.70. The van der Waals surface area contributed by atoms with Gasteiger partial charge in [-0.25, -0.2) is 0 Å². The Labute approximate surface area is 136 Å². The first-order valence-corrected chi connectivity index (χ1v) is 12.4. The second-order valence-corrected chi connectivity index (χ2v) is 11.4. The van der Waals surface area contributed by atoms with Crippen LogP contribution in [-0.4, -0.2) is 46.3 Å². The van der Waals surface area contributed by atoms with Crippen LogP contribution in [0.5, 0.6) is 0 Å². The molecule has 23 heavy (non-hydrogen) atoms. The molecule has 0 spiro atoms. The number of hydrogen-bond donors (Lipinski definition) is 6. The molecule has 2 unspecified atom stereocenters. The van der Waals surface area contributed by atoms with Gasteiger partial charge in [-0.15, -0.1) is 0 Å². The molecule has 0 bridgehead atoms. The van der Waals surface area contributed by atoms with Crippen molar-refractivity contribution in [3.05, 3.63) is 0 Å². The van der Waals surface area contributed by atoms with E-state index in [-0.39, 0.29) is 38.5 Å². The van der Waals surface area contributed by atoms with E-state index in [1.807, 2.05) is 0 Å². The van der Waals surface area contributed by atoms with Gasteiger partial charge in [0.1, 0.15) is 0 Å². The van der Waals surface area contributed by atoms with Gasteiger partial charge in [-0.3, -0.25) is 13.7 Å². The van der Waals surface area contributed by atoms with Crippen molar-refractivity contribution < 1.29 is 43.1 Å². The van der Waals surface area contributed by atoms with E-state index in [4.69, 9.17) is 0 Å². The van der Waals surface area contributed by atoms with Crippen LogP contribution in [0.15, 0.2) is 0 Å². The lowest BCUT2D eigenvalue weighted by Crippen LogP contribution is -2.17. The van der Waals surface area contributed by atoms with E-state index < -0.39 is 39.8 Å². The molecule has 0 saturated heterocycles. The Hall–Kier alpha value is 0.450. The highest BCUT2D eigenvalue weighted by Crippen LogP contribution is 2.52. The summed E-state index contributed by atoms with van der Waals surface area (Å²) < 4.78 is 34.1. The molecule has 2 atom stereocenters. The van der Waals surface area contributed by atoms with Crippen molar-refractivity contribution in [1.29, 1.82) is 0 Å². The highest BCUT2D eigenvalue weighted by atomic mass is 31.2. The fourth-order valence-corrected chi connectivity index (χ4v) is 5.36. The van der Waals surface area contributed by atoms with Crippen LogP contribution < -0.4 is 0 Å². The van der Waals surface area contributed by atoms with Gasteiger partial charge in [-0.05, 0) is 38.5 Å². The SMILES string of the molecule is CCC(CCC(CCC(CC)P(=O)(O)O)P(=O)(O)O)P(=O)(O)O. The Bertz CT molecular complexity index is 457. The third-order valence-corrected chi connectivity index (χ3v) is 8.65. The topological polar surface area (TPSA) is 173 Å². The van der Waals surface area contributed by atoms with Gasteiger partial charge in [0.25, 0.3) is 0 Å². The largest absolute Gasteiger partial charge is 0.328 e. The van der Waals surface area contributed by atoms with E-state index >= 15 is 0 Å². The average molecular weight is 396 g/mol. The van der Waals surface area contributed by atoms with Gasteiger partial charge in [-0.2, -0.15) is 0 Å². The third kappa shape index (κ3) is 8.92. The first-order valence-electron chi connectivity index (χ1n) is 7.39. The van der Waals surface area contributed by atoms with Crippen LogP contribution in [-0.2, 0) is 13.7 Å². The van der Waals surface area contributed by atoms with Crippen molar-refractivity contribution in [2.24, 2.45) is 0 Å². The molecule has 0 fully saturated rings. The molecule has 0 aromatic heterocycles. The van der Waals surface area contributed by atoms with Crippen LogP contribution in [0.4, 0.5) is 0 Å². The molecule has 0 radical (unpaired) electrons. The van der Waals surface area contributed by atoms with Crippen LogP contribution in [0, 0.1) is 0 Å². The lowest BCUT2D eigenvalue weighted by Gasteiger charge is -2.24. The number of hydrogen-bond acceptors (Lipinski definition) is 3. The van der Waals surface area contributed by atoms with Gasteiger partial charge in [0.2, 0.25) is 0 Å². The van der Waals surface area contributed by atoms with Crippen molar-refractivity contribution in [3.8, 4) is 0 Å². The molecule has 0 rings (SSSR count). The summed E-state index contributed by atoms with van der Waals surface area (Å²) in [5, 5.41) is 0. The lowest BCUT2D eigenvalue weighted by molar-refractivity contribution is 0.328. The fraction of sp³-hybridized carbons (Fsp3) is 1.00. The van der Waals surface area contributed by atoms with E-state index in [0.29, 0.717) is 0 Å². The maximum absolute atomic E-state index is 11.5. The lowest BCUT2D eigenvalue weighted by atomic mass is 10.1. The van der Waals surface area contributed by atoms with Crippen LogP contribution in [0.1, 0.15) is 52.4 Å². The predicted molar refractivity (Wildman–Crippen MR) is 86.5 cm³/mol. The minimum absolute atomic E-state index is 0.0523. The van der Waals surface area contributed by atoms with E-state index in [1.165, 1.54) is 0 Å². The molecule has 0 aromatic carbocycles. The van der Waals surface area contributed by atoms with E-state index in [9.17, 15) is 43.1 Å². The van der Waals surface area contributed by atoms with Crippen LogP contribution in [0.2, 0.25) is 0 Å². The van der Waals surface area contributed by atoms with E-state index in [2.05, 4.69) is 0 Å². The quantitative estimate of drug-likeness (QED) is 0.286. The summed E-state index contributed by atoms with van der Waals surface area (Å²) in [6.45, 7) is 3.16. The van der Waals surface area contributed by atoms with Crippen molar-refractivity contribution in [2.45, 2.75) is 69.3 Å². The minimum atomic E-state index is -4.52. The Morgan fingerprint density at radius 1 is 0.565 bits per heavy atom. The molecule has 0 aliphatic rings. The van der Waals surface area contributed by atoms with Gasteiger partial charge < -0.3 is 29.4 Å². The highest BCUT2D eigenvalue weighted by molar-refractivity contribution is 7.53. The maximum Gasteiger partial charge on any atom is 0.328 e. The summed E-state index contributed by atoms with van der Waals surface area (Å²) >= 11 is 0. The molecule has 0 amide bonds. The van der Waals surface area contributed by atoms with Crippen molar-refractivity contribution >= 4 is 22.8 Å². The normalized spacial score (nSPS) is 17.7. The first kappa shape index (κ1) is 23.4. The average Bonchev–Trinajstić information content (AvgIpc) is 2.32. The molecule has 0 saturated carbocycles. The first-order chi connectivity index (χ1) is 10.2. The molecule has 0 heterocycles. The third-order valence-electron chi connectivity index (χ3n) is 4.04. The summed E-state index contributed by atoms with van der Waals surface area (Å²) in [6, 6.07) is 0. The zero-order valence-electron chi connectivity index (χ0n) is 13.2. The van der Waals surface area contributed by atoms with E-state index in [1.54, 1.807) is 13.8 Å². The van der Waals surface area contributed by atoms with Crippen LogP contribution in [0.3, 0.4) is 0 Å². The second kappa shape index (κ2) is 9.23. The molecule has 12 heteroatoms. The summed E-state index contributed by atoms with van der Waals surface area (Å²) in [4.78, 5) is 55.4. The van der Waals surface area contributed by atoms with Crippen molar-refractivity contribution in [3.63, 3.8) is 0 Å². The Balaban J connectivity index is 4.89. The monoisotopic (exact) mass is 396 g/mol. The predicted octanol–water partition coefficient (Wildman–Crippen LogP) is 2.01. The molecule has 140 valence electrons. The smallest absolute Gasteiger partial charge is 0.324 e. The summed E-state index contributed by atoms with van der Waals surface area (Å²) in [7, 11) is -13.2. The Kier molecular flexibility index (Phi) is 9.41. The van der Waals surface area contributed by atoms with E-state index in [0.717, 1.165) is 0 Å². The Morgan fingerprint density at radius 2 is 0.783 bits per heavy atom. The Morgan fingerprint density at radius 3 is 0.957 bits per heavy atom. The number of rotatable bonds is 11. The minimum Gasteiger partial charge on any atom is -0.324 e. The molecule has 0 aliphatic heterocycles. The zero-order chi connectivity index (χ0) is 18.5. The zero-order valence-corrected chi connectivity index (χ0v) is 15.9. The standard InChI is InChI=1S/C11H27O9P3/c1-3-9(21(12,13)14)5-7-11(23(18,19)20)8-6-10(4-2)22(15,16)17/h9-11H,3-8H2,1-2H3,(H2,12,13,14)(H2,15,16,17)(H2,18,19,20). The van der Waals surface area contributed by atoms with Crippen molar-refractivity contribution in [1.82, 2.24) is 0 Å². The highest BCUT2D eigenvalue weighted by Gasteiger charge is 2.35. The fourth-order valence-electron chi connectivity index (χ4n) is 2.47. The van der Waals surface area contributed by atoms with Gasteiger partial charge in [0.15, 0.2) is 0 Å². The van der Waals surface area contributed by atoms with Gasteiger partial charge >= 0.3 is 22.8 Å². The molecule has 6 N–H and O–H groups in total.